The van der Waals surface area contributed by atoms with Crippen LogP contribution in [0.5, 0.6) is 5.75 Å². The molecule has 0 aliphatic rings. The fourth-order valence-electron chi connectivity index (χ4n) is 0.965. The van der Waals surface area contributed by atoms with Gasteiger partial charge in [-0.1, -0.05) is 12.1 Å². The Hall–Kier alpha value is -0.870. The molecule has 18 heavy (non-hydrogen) atoms. The highest BCUT2D eigenvalue weighted by molar-refractivity contribution is 9.10. The van der Waals surface area contributed by atoms with E-state index in [9.17, 15) is 26.0 Å². The molecule has 0 spiro atoms. The van der Waals surface area contributed by atoms with Crippen molar-refractivity contribution in [2.24, 2.45) is 5.14 Å². The maximum absolute atomic E-state index is 12.9. The average molecular weight is 352 g/mol. The lowest BCUT2D eigenvalue weighted by molar-refractivity contribution is -0.267. The van der Waals surface area contributed by atoms with E-state index < -0.39 is 31.6 Å². The predicted molar refractivity (Wildman–Crippen MR) is 57.3 cm³/mol. The molecule has 0 aliphatic carbocycles. The van der Waals surface area contributed by atoms with Crippen LogP contribution in [0.25, 0.3) is 0 Å². The fraction of sp³-hybridized carbons (Fsp3) is 0.250. The summed E-state index contributed by atoms with van der Waals surface area (Å²) in [4.78, 5) is -5.48. The number of hydrogen-bond acceptors (Lipinski definition) is 3. The lowest BCUT2D eigenvalue weighted by Crippen LogP contribution is -2.41. The molecule has 0 heterocycles. The monoisotopic (exact) mass is 351 g/mol. The summed E-state index contributed by atoms with van der Waals surface area (Å²) in [6.45, 7) is 0. The Bertz CT molecular complexity index is 544. The summed E-state index contributed by atoms with van der Waals surface area (Å²) in [5.74, 6) is -0.968. The zero-order chi connectivity index (χ0) is 14.2. The van der Waals surface area contributed by atoms with E-state index in [0.717, 1.165) is 18.2 Å². The third-order valence-corrected chi connectivity index (χ3v) is 3.14. The van der Waals surface area contributed by atoms with Gasteiger partial charge in [-0.3, -0.25) is 0 Å². The maximum atomic E-state index is 12.9. The van der Waals surface area contributed by atoms with Gasteiger partial charge in [0.1, 0.15) is 10.6 Å². The summed E-state index contributed by atoms with van der Waals surface area (Å²) in [5.41, 5.74) is 0. The molecular weight excluding hydrogens is 346 g/mol. The average Bonchev–Trinajstić information content (AvgIpc) is 2.14. The first-order valence-corrected chi connectivity index (χ1v) is 6.54. The molecule has 0 atom stereocenters. The maximum Gasteiger partial charge on any atom is 0.475 e. The number of primary sulfonamides is 1. The summed E-state index contributed by atoms with van der Waals surface area (Å²) in [7, 11) is -4.37. The number of sulfonamides is 1. The van der Waals surface area contributed by atoms with Gasteiger partial charge in [0.15, 0.2) is 0 Å². The quantitative estimate of drug-likeness (QED) is 0.668. The zero-order valence-electron chi connectivity index (χ0n) is 8.41. The number of ether oxygens (including phenoxy) is 1. The van der Waals surface area contributed by atoms with Crippen LogP contribution < -0.4 is 9.88 Å². The molecule has 1 aromatic carbocycles. The highest BCUT2D eigenvalue weighted by atomic mass is 79.9. The molecule has 0 aromatic heterocycles. The molecule has 0 radical (unpaired) electrons. The molecule has 10 heteroatoms. The van der Waals surface area contributed by atoms with Crippen LogP contribution in [0.4, 0.5) is 17.6 Å². The first kappa shape index (κ1) is 15.2. The molecule has 0 aliphatic heterocycles. The van der Waals surface area contributed by atoms with Crippen LogP contribution in [0.1, 0.15) is 0 Å². The molecule has 0 saturated heterocycles. The first-order chi connectivity index (χ1) is 7.95. The van der Waals surface area contributed by atoms with Gasteiger partial charge in [0.2, 0.25) is 10.0 Å². The number of hydrogen-bond donors (Lipinski definition) is 1. The predicted octanol–water partition coefficient (Wildman–Crippen LogP) is 2.29. The lowest BCUT2D eigenvalue weighted by Gasteiger charge is -2.22. The summed E-state index contributed by atoms with van der Waals surface area (Å²) in [6, 6.07) is 3.95. The molecule has 1 rings (SSSR count). The van der Waals surface area contributed by atoms with Gasteiger partial charge in [-0.15, -0.1) is 0 Å². The number of benzene rings is 1. The van der Waals surface area contributed by atoms with Crippen molar-refractivity contribution in [3.63, 3.8) is 0 Å². The van der Waals surface area contributed by atoms with E-state index in [-0.39, 0.29) is 0 Å². The molecule has 2 N–H and O–H groups in total. The van der Waals surface area contributed by atoms with E-state index >= 15 is 0 Å². The first-order valence-electron chi connectivity index (χ1n) is 4.20. The minimum atomic E-state index is -4.94. The minimum absolute atomic E-state index is 0.784. The van der Waals surface area contributed by atoms with Gasteiger partial charge in [0, 0.05) is 15.9 Å². The number of nitrogens with two attached hydrogens (primary N) is 1. The summed E-state index contributed by atoms with van der Waals surface area (Å²) >= 11 is 1.44. The molecule has 102 valence electrons. The van der Waals surface area contributed by atoms with E-state index in [0.29, 0.717) is 0 Å². The molecule has 0 unspecified atom stereocenters. The molecule has 1 aromatic rings. The van der Waals surface area contributed by atoms with Gasteiger partial charge in [-0.2, -0.15) is 17.6 Å². The highest BCUT2D eigenvalue weighted by Gasteiger charge is 2.58. The second-order valence-corrected chi connectivity index (χ2v) is 5.63. The smallest absolute Gasteiger partial charge is 0.426 e. The SMILES string of the molecule is NS(=O)(=O)c1ccccc1OC(F)(F)C(F)(F)Br. The van der Waals surface area contributed by atoms with Crippen molar-refractivity contribution in [2.45, 2.75) is 15.8 Å². The number of halogens is 5. The zero-order valence-corrected chi connectivity index (χ0v) is 10.8. The number of rotatable bonds is 4. The Labute approximate surface area is 108 Å². The van der Waals surface area contributed by atoms with Gasteiger partial charge in [-0.05, 0) is 12.1 Å². The van der Waals surface area contributed by atoms with Gasteiger partial charge in [-0.25, -0.2) is 13.6 Å². The van der Waals surface area contributed by atoms with Crippen LogP contribution in [0.2, 0.25) is 0 Å². The van der Waals surface area contributed by atoms with Crippen LogP contribution >= 0.6 is 15.9 Å². The third kappa shape index (κ3) is 3.33. The highest BCUT2D eigenvalue weighted by Crippen LogP contribution is 2.41. The van der Waals surface area contributed by atoms with Gasteiger partial charge >= 0.3 is 10.9 Å². The van der Waals surface area contributed by atoms with Crippen LogP contribution in [0.15, 0.2) is 29.2 Å². The Morgan fingerprint density at radius 3 is 2.11 bits per heavy atom. The lowest BCUT2D eigenvalue weighted by atomic mass is 10.3. The van der Waals surface area contributed by atoms with Crippen LogP contribution in [0.3, 0.4) is 0 Å². The molecule has 4 nitrogen and oxygen atoms in total. The van der Waals surface area contributed by atoms with E-state index in [1.54, 1.807) is 0 Å². The molecular formula is C8H6BrF4NO3S. The molecule has 0 fully saturated rings. The van der Waals surface area contributed by atoms with E-state index in [1.807, 2.05) is 0 Å². The van der Waals surface area contributed by atoms with Crippen molar-refractivity contribution in [3.8, 4) is 5.75 Å². The fourth-order valence-corrected chi connectivity index (χ4v) is 1.70. The summed E-state index contributed by atoms with van der Waals surface area (Å²) in [6.07, 6.45) is -4.94. The van der Waals surface area contributed by atoms with E-state index in [2.05, 4.69) is 4.74 Å². The third-order valence-electron chi connectivity index (χ3n) is 1.72. The van der Waals surface area contributed by atoms with Gasteiger partial charge in [0.05, 0.1) is 0 Å². The summed E-state index contributed by atoms with van der Waals surface area (Å²) in [5, 5.41) is 4.73. The van der Waals surface area contributed by atoms with Crippen LogP contribution in [-0.4, -0.2) is 19.4 Å². The van der Waals surface area contributed by atoms with Crippen molar-refractivity contribution >= 4 is 26.0 Å². The minimum Gasteiger partial charge on any atom is -0.426 e. The molecule has 0 bridgehead atoms. The topological polar surface area (TPSA) is 69.4 Å². The van der Waals surface area contributed by atoms with Crippen LogP contribution in [-0.2, 0) is 10.0 Å². The normalized spacial score (nSPS) is 13.4. The van der Waals surface area contributed by atoms with Crippen molar-refractivity contribution in [2.75, 3.05) is 0 Å². The Balaban J connectivity index is 3.22. The van der Waals surface area contributed by atoms with Crippen molar-refractivity contribution in [3.05, 3.63) is 24.3 Å². The standard InChI is InChI=1S/C8H6BrF4NO3S/c9-7(10,11)8(12,13)17-5-3-1-2-4-6(5)18(14,15)16/h1-4H,(H2,14,15,16). The Morgan fingerprint density at radius 2 is 1.67 bits per heavy atom. The summed E-state index contributed by atoms with van der Waals surface area (Å²) < 4.78 is 76.6. The van der Waals surface area contributed by atoms with Crippen molar-refractivity contribution in [1.29, 1.82) is 0 Å². The Morgan fingerprint density at radius 1 is 1.17 bits per heavy atom. The second-order valence-electron chi connectivity index (χ2n) is 3.11. The van der Waals surface area contributed by atoms with Gasteiger partial charge in [0.25, 0.3) is 0 Å². The van der Waals surface area contributed by atoms with Crippen LogP contribution in [0, 0.1) is 0 Å². The molecule has 0 amide bonds. The van der Waals surface area contributed by atoms with Gasteiger partial charge < -0.3 is 4.74 Å². The van der Waals surface area contributed by atoms with E-state index in [4.69, 9.17) is 5.14 Å². The van der Waals surface area contributed by atoms with E-state index in [1.165, 1.54) is 22.0 Å². The van der Waals surface area contributed by atoms with Crippen molar-refractivity contribution < 1.29 is 30.7 Å². The van der Waals surface area contributed by atoms with Crippen molar-refractivity contribution in [1.82, 2.24) is 0 Å². The number of para-hydroxylation sites is 1. The Kier molecular flexibility index (Phi) is 3.94. The molecule has 0 saturated carbocycles. The largest absolute Gasteiger partial charge is 0.475 e. The number of alkyl halides is 5. The second kappa shape index (κ2) is 4.67.